The van der Waals surface area contributed by atoms with Crippen LogP contribution in [0.15, 0.2) is 0 Å². The Balaban J connectivity index is 2.54. The normalized spacial score (nSPS) is 18.1. The molecule has 0 atom stereocenters. The van der Waals surface area contributed by atoms with Gasteiger partial charge in [-0.25, -0.2) is 12.7 Å². The lowest BCUT2D eigenvalue weighted by Crippen LogP contribution is -2.46. The topological polar surface area (TPSA) is 83.7 Å². The summed E-state index contributed by atoms with van der Waals surface area (Å²) in [7, 11) is -1.35. The first-order valence-electron chi connectivity index (χ1n) is 8.56. The minimum Gasteiger partial charge on any atom is -0.345 e. The van der Waals surface area contributed by atoms with E-state index in [1.54, 1.807) is 9.21 Å². The molecule has 0 aromatic rings. The van der Waals surface area contributed by atoms with Crippen LogP contribution in [0.2, 0.25) is 0 Å². The quantitative estimate of drug-likeness (QED) is 0.717. The van der Waals surface area contributed by atoms with Crippen LogP contribution < -0.4 is 5.73 Å². The number of sulfonamides is 1. The third-order valence-electron chi connectivity index (χ3n) is 4.55. The molecule has 1 fully saturated rings. The van der Waals surface area contributed by atoms with Crippen molar-refractivity contribution in [1.29, 1.82) is 0 Å². The molecule has 0 spiro atoms. The minimum atomic E-state index is -3.16. The average molecular weight is 348 g/mol. The zero-order valence-corrected chi connectivity index (χ0v) is 15.9. The maximum absolute atomic E-state index is 12.5. The minimum absolute atomic E-state index is 0.0776. The molecule has 136 valence electrons. The highest BCUT2D eigenvalue weighted by Gasteiger charge is 2.33. The fraction of sp³-hybridized carbons (Fsp3) is 0.938. The van der Waals surface area contributed by atoms with Crippen LogP contribution in [0.25, 0.3) is 0 Å². The summed E-state index contributed by atoms with van der Waals surface area (Å²) < 4.78 is 25.9. The van der Waals surface area contributed by atoms with Crippen molar-refractivity contribution in [2.45, 2.75) is 46.5 Å². The Hall–Kier alpha value is -0.660. The number of hydrogen-bond donors (Lipinski definition) is 1. The summed E-state index contributed by atoms with van der Waals surface area (Å²) in [6, 6.07) is 0. The molecule has 1 heterocycles. The summed E-state index contributed by atoms with van der Waals surface area (Å²) in [5.74, 6) is 0.246. The lowest BCUT2D eigenvalue weighted by atomic mass is 9.91. The van der Waals surface area contributed by atoms with Crippen LogP contribution in [0.5, 0.6) is 0 Å². The van der Waals surface area contributed by atoms with Gasteiger partial charge in [-0.15, -0.1) is 0 Å². The van der Waals surface area contributed by atoms with Crippen molar-refractivity contribution in [1.82, 2.24) is 9.21 Å². The van der Waals surface area contributed by atoms with E-state index < -0.39 is 10.0 Å². The van der Waals surface area contributed by atoms with Gasteiger partial charge < -0.3 is 10.6 Å². The van der Waals surface area contributed by atoms with E-state index in [0.717, 1.165) is 6.42 Å². The highest BCUT2D eigenvalue weighted by molar-refractivity contribution is 7.89. The van der Waals surface area contributed by atoms with Crippen molar-refractivity contribution in [3.05, 3.63) is 0 Å². The summed E-state index contributed by atoms with van der Waals surface area (Å²) in [6.07, 6.45) is 2.78. The Kier molecular flexibility index (Phi) is 7.48. The second-order valence-corrected chi connectivity index (χ2v) is 9.49. The van der Waals surface area contributed by atoms with Gasteiger partial charge in [-0.2, -0.15) is 0 Å². The molecule has 0 unspecified atom stereocenters. The first-order chi connectivity index (χ1) is 10.6. The van der Waals surface area contributed by atoms with Gasteiger partial charge in [0, 0.05) is 32.6 Å². The standard InChI is InChI=1S/C16H33N3O3S/c1-5-6-11-23(21,22)19-9-7-14(8-10-19)15(20)18(4)13-16(2,3)12-17/h14H,5-13,17H2,1-4H3. The van der Waals surface area contributed by atoms with Crippen LogP contribution >= 0.6 is 0 Å². The average Bonchev–Trinajstić information content (AvgIpc) is 2.52. The van der Waals surface area contributed by atoms with Gasteiger partial charge in [0.15, 0.2) is 0 Å². The van der Waals surface area contributed by atoms with Crippen molar-refractivity contribution in [3.8, 4) is 0 Å². The predicted molar refractivity (Wildman–Crippen MR) is 93.5 cm³/mol. The van der Waals surface area contributed by atoms with Gasteiger partial charge in [-0.05, 0) is 31.2 Å². The monoisotopic (exact) mass is 347 g/mol. The molecule has 0 aromatic carbocycles. The van der Waals surface area contributed by atoms with E-state index in [0.29, 0.717) is 45.4 Å². The highest BCUT2D eigenvalue weighted by atomic mass is 32.2. The molecule has 1 aliphatic rings. The van der Waals surface area contributed by atoms with Gasteiger partial charge in [0.2, 0.25) is 15.9 Å². The van der Waals surface area contributed by atoms with Gasteiger partial charge in [0.1, 0.15) is 0 Å². The summed E-state index contributed by atoms with van der Waals surface area (Å²) in [5, 5.41) is 0. The van der Waals surface area contributed by atoms with Crippen LogP contribution in [-0.4, -0.2) is 62.5 Å². The summed E-state index contributed by atoms with van der Waals surface area (Å²) in [4.78, 5) is 14.3. The molecular formula is C16H33N3O3S. The number of hydrogen-bond acceptors (Lipinski definition) is 4. The molecular weight excluding hydrogens is 314 g/mol. The van der Waals surface area contributed by atoms with Gasteiger partial charge in [-0.3, -0.25) is 4.79 Å². The van der Waals surface area contributed by atoms with E-state index in [9.17, 15) is 13.2 Å². The highest BCUT2D eigenvalue weighted by Crippen LogP contribution is 2.23. The van der Waals surface area contributed by atoms with Gasteiger partial charge >= 0.3 is 0 Å². The fourth-order valence-corrected chi connectivity index (χ4v) is 4.61. The zero-order chi connectivity index (χ0) is 17.7. The van der Waals surface area contributed by atoms with E-state index in [2.05, 4.69) is 0 Å². The second kappa shape index (κ2) is 8.44. The Morgan fingerprint density at radius 1 is 1.30 bits per heavy atom. The maximum Gasteiger partial charge on any atom is 0.225 e. The summed E-state index contributed by atoms with van der Waals surface area (Å²) in [5.41, 5.74) is 5.63. The molecule has 2 N–H and O–H groups in total. The Labute approximate surface area is 141 Å². The molecule has 0 aromatic heterocycles. The van der Waals surface area contributed by atoms with E-state index in [4.69, 9.17) is 5.73 Å². The lowest BCUT2D eigenvalue weighted by molar-refractivity contribution is -0.136. The molecule has 0 bridgehead atoms. The zero-order valence-electron chi connectivity index (χ0n) is 15.0. The van der Waals surface area contributed by atoms with Crippen molar-refractivity contribution >= 4 is 15.9 Å². The Morgan fingerprint density at radius 2 is 1.87 bits per heavy atom. The van der Waals surface area contributed by atoms with E-state index in [1.165, 1.54) is 0 Å². The molecule has 7 heteroatoms. The summed E-state index contributed by atoms with van der Waals surface area (Å²) >= 11 is 0. The van der Waals surface area contributed by atoms with Crippen LogP contribution in [-0.2, 0) is 14.8 Å². The molecule has 1 amide bonds. The smallest absolute Gasteiger partial charge is 0.225 e. The molecule has 0 aliphatic carbocycles. The van der Waals surface area contributed by atoms with Crippen molar-refractivity contribution in [3.63, 3.8) is 0 Å². The van der Waals surface area contributed by atoms with Crippen LogP contribution in [0.1, 0.15) is 46.5 Å². The van der Waals surface area contributed by atoms with Crippen LogP contribution in [0, 0.1) is 11.3 Å². The Morgan fingerprint density at radius 3 is 2.35 bits per heavy atom. The number of nitrogens with two attached hydrogens (primary N) is 1. The first kappa shape index (κ1) is 20.4. The van der Waals surface area contributed by atoms with E-state index in [1.807, 2.05) is 27.8 Å². The third-order valence-corrected chi connectivity index (χ3v) is 6.50. The molecule has 0 radical (unpaired) electrons. The van der Waals surface area contributed by atoms with Crippen LogP contribution in [0.3, 0.4) is 0 Å². The Bertz CT molecular complexity index is 483. The van der Waals surface area contributed by atoms with Gasteiger partial charge in [0.05, 0.1) is 5.75 Å². The van der Waals surface area contributed by atoms with E-state index in [-0.39, 0.29) is 23.0 Å². The predicted octanol–water partition coefficient (Wildman–Crippen LogP) is 1.27. The molecule has 1 aliphatic heterocycles. The SMILES string of the molecule is CCCCS(=O)(=O)N1CCC(C(=O)N(C)CC(C)(C)CN)CC1. The maximum atomic E-state index is 12.5. The number of piperidine rings is 1. The number of carbonyl (C=O) groups is 1. The fourth-order valence-electron chi connectivity index (χ4n) is 2.93. The molecule has 6 nitrogen and oxygen atoms in total. The third kappa shape index (κ3) is 6.04. The number of unbranched alkanes of at least 4 members (excludes halogenated alkanes) is 1. The molecule has 1 rings (SSSR count). The van der Waals surface area contributed by atoms with Crippen LogP contribution in [0.4, 0.5) is 0 Å². The molecule has 0 saturated carbocycles. The lowest BCUT2D eigenvalue weighted by Gasteiger charge is -2.35. The van der Waals surface area contributed by atoms with Gasteiger partial charge in [0.25, 0.3) is 0 Å². The van der Waals surface area contributed by atoms with Crippen molar-refractivity contribution < 1.29 is 13.2 Å². The molecule has 1 saturated heterocycles. The number of carbonyl (C=O) groups excluding carboxylic acids is 1. The number of rotatable bonds is 8. The first-order valence-corrected chi connectivity index (χ1v) is 10.2. The van der Waals surface area contributed by atoms with E-state index >= 15 is 0 Å². The largest absolute Gasteiger partial charge is 0.345 e. The summed E-state index contributed by atoms with van der Waals surface area (Å²) in [6.45, 7) is 8.13. The number of nitrogens with zero attached hydrogens (tertiary/aromatic N) is 2. The van der Waals surface area contributed by atoms with Crippen molar-refractivity contribution in [2.75, 3.05) is 39.0 Å². The molecule has 23 heavy (non-hydrogen) atoms. The van der Waals surface area contributed by atoms with Gasteiger partial charge in [-0.1, -0.05) is 27.2 Å². The van der Waals surface area contributed by atoms with Crippen molar-refractivity contribution in [2.24, 2.45) is 17.1 Å². The number of amides is 1. The second-order valence-electron chi connectivity index (χ2n) is 7.41.